The van der Waals surface area contributed by atoms with Gasteiger partial charge >= 0.3 is 0 Å². The number of ether oxygens (including phenoxy) is 2. The lowest BCUT2D eigenvalue weighted by molar-refractivity contribution is 0.0724. The lowest BCUT2D eigenvalue weighted by Gasteiger charge is -2.29. The van der Waals surface area contributed by atoms with E-state index in [0.29, 0.717) is 12.1 Å². The molecule has 82 valence electrons. The highest BCUT2D eigenvalue weighted by molar-refractivity contribution is 4.80. The average Bonchev–Trinajstić information content (AvgIpc) is 2.72. The molecule has 2 aliphatic heterocycles. The van der Waals surface area contributed by atoms with Crippen molar-refractivity contribution in [2.75, 3.05) is 26.4 Å². The Morgan fingerprint density at radius 3 is 2.43 bits per heavy atom. The van der Waals surface area contributed by atoms with Gasteiger partial charge in [0.1, 0.15) is 0 Å². The van der Waals surface area contributed by atoms with Crippen LogP contribution in [-0.2, 0) is 9.47 Å². The van der Waals surface area contributed by atoms with Gasteiger partial charge in [0.05, 0.1) is 6.61 Å². The van der Waals surface area contributed by atoms with Crippen LogP contribution in [0.4, 0.5) is 0 Å². The van der Waals surface area contributed by atoms with E-state index in [0.717, 1.165) is 45.2 Å². The van der Waals surface area contributed by atoms with Crippen LogP contribution in [0.15, 0.2) is 0 Å². The topological polar surface area (TPSA) is 30.5 Å². The van der Waals surface area contributed by atoms with Crippen LogP contribution >= 0.6 is 0 Å². The summed E-state index contributed by atoms with van der Waals surface area (Å²) in [7, 11) is 0. The van der Waals surface area contributed by atoms with Crippen molar-refractivity contribution >= 4 is 0 Å². The van der Waals surface area contributed by atoms with Gasteiger partial charge in [-0.2, -0.15) is 0 Å². The Morgan fingerprint density at radius 2 is 1.79 bits per heavy atom. The van der Waals surface area contributed by atoms with Crippen molar-refractivity contribution in [3.63, 3.8) is 0 Å². The summed E-state index contributed by atoms with van der Waals surface area (Å²) in [4.78, 5) is 0. The fourth-order valence-corrected chi connectivity index (χ4v) is 2.32. The van der Waals surface area contributed by atoms with Crippen LogP contribution in [0.25, 0.3) is 0 Å². The first kappa shape index (κ1) is 10.4. The van der Waals surface area contributed by atoms with E-state index in [4.69, 9.17) is 9.47 Å². The maximum atomic E-state index is 5.40. The van der Waals surface area contributed by atoms with Gasteiger partial charge in [0.2, 0.25) is 0 Å². The highest BCUT2D eigenvalue weighted by atomic mass is 16.5. The van der Waals surface area contributed by atoms with Crippen LogP contribution in [0.3, 0.4) is 0 Å². The number of rotatable bonds is 3. The molecule has 0 saturated carbocycles. The van der Waals surface area contributed by atoms with Crippen molar-refractivity contribution in [2.24, 2.45) is 5.92 Å². The third-order valence-electron chi connectivity index (χ3n) is 3.39. The summed E-state index contributed by atoms with van der Waals surface area (Å²) in [6.07, 6.45) is 3.55. The monoisotopic (exact) mass is 199 g/mol. The molecule has 2 fully saturated rings. The molecule has 0 bridgehead atoms. The minimum absolute atomic E-state index is 0.598. The van der Waals surface area contributed by atoms with Crippen molar-refractivity contribution in [2.45, 2.75) is 38.3 Å². The highest BCUT2D eigenvalue weighted by Gasteiger charge is 2.24. The number of hydrogen-bond donors (Lipinski definition) is 1. The second-order valence-corrected chi connectivity index (χ2v) is 4.47. The zero-order valence-corrected chi connectivity index (χ0v) is 9.00. The molecule has 0 aromatic heterocycles. The van der Waals surface area contributed by atoms with Crippen LogP contribution in [0.1, 0.15) is 26.2 Å². The molecular weight excluding hydrogens is 178 g/mol. The Hall–Kier alpha value is -0.120. The van der Waals surface area contributed by atoms with E-state index in [-0.39, 0.29) is 0 Å². The van der Waals surface area contributed by atoms with Gasteiger partial charge in [-0.25, -0.2) is 0 Å². The first-order chi connectivity index (χ1) is 6.86. The lowest BCUT2D eigenvalue weighted by atomic mass is 9.98. The lowest BCUT2D eigenvalue weighted by Crippen LogP contribution is -2.43. The second-order valence-electron chi connectivity index (χ2n) is 4.47. The largest absolute Gasteiger partial charge is 0.381 e. The number of hydrogen-bond acceptors (Lipinski definition) is 3. The maximum absolute atomic E-state index is 5.40. The standard InChI is InChI=1S/C11H21NO2/c1-9(10-2-5-14-8-10)12-11-3-6-13-7-4-11/h9-12H,2-8H2,1H3. The molecule has 3 heteroatoms. The molecule has 3 nitrogen and oxygen atoms in total. The van der Waals surface area contributed by atoms with E-state index in [1.54, 1.807) is 0 Å². The van der Waals surface area contributed by atoms with Crippen molar-refractivity contribution in [1.82, 2.24) is 5.32 Å². The SMILES string of the molecule is CC(NC1CCOCC1)C1CCOC1. The molecule has 2 rings (SSSR count). The van der Waals surface area contributed by atoms with E-state index in [9.17, 15) is 0 Å². The van der Waals surface area contributed by atoms with Gasteiger partial charge in [0.15, 0.2) is 0 Å². The van der Waals surface area contributed by atoms with Crippen molar-refractivity contribution < 1.29 is 9.47 Å². The third-order valence-corrected chi connectivity index (χ3v) is 3.39. The first-order valence-electron chi connectivity index (χ1n) is 5.78. The summed E-state index contributed by atoms with van der Waals surface area (Å²) in [6, 6.07) is 1.26. The molecule has 0 amide bonds. The van der Waals surface area contributed by atoms with Crippen LogP contribution < -0.4 is 5.32 Å². The zero-order chi connectivity index (χ0) is 9.80. The third kappa shape index (κ3) is 2.69. The Kier molecular flexibility index (Phi) is 3.79. The van der Waals surface area contributed by atoms with Crippen LogP contribution in [0.2, 0.25) is 0 Å². The minimum atomic E-state index is 0.598. The maximum Gasteiger partial charge on any atom is 0.0509 e. The Bertz CT molecular complexity index is 163. The van der Waals surface area contributed by atoms with E-state index in [1.807, 2.05) is 0 Å². The van der Waals surface area contributed by atoms with Gasteiger partial charge in [-0.05, 0) is 32.1 Å². The summed E-state index contributed by atoms with van der Waals surface area (Å²) in [5, 5.41) is 3.70. The Labute approximate surface area is 86.2 Å². The molecule has 2 saturated heterocycles. The minimum Gasteiger partial charge on any atom is -0.381 e. The molecule has 0 aliphatic carbocycles. The predicted molar refractivity (Wildman–Crippen MR) is 55.4 cm³/mol. The van der Waals surface area contributed by atoms with Gasteiger partial charge in [0, 0.05) is 31.9 Å². The van der Waals surface area contributed by atoms with E-state index in [1.165, 1.54) is 6.42 Å². The molecule has 0 aromatic carbocycles. The summed E-state index contributed by atoms with van der Waals surface area (Å²) in [5.74, 6) is 0.720. The quantitative estimate of drug-likeness (QED) is 0.740. The molecule has 0 spiro atoms. The zero-order valence-electron chi connectivity index (χ0n) is 9.00. The molecule has 0 radical (unpaired) electrons. The van der Waals surface area contributed by atoms with E-state index < -0.39 is 0 Å². The van der Waals surface area contributed by atoms with Gasteiger partial charge in [-0.15, -0.1) is 0 Å². The van der Waals surface area contributed by atoms with Crippen LogP contribution in [-0.4, -0.2) is 38.5 Å². The molecule has 2 unspecified atom stereocenters. The van der Waals surface area contributed by atoms with Crippen molar-refractivity contribution in [3.8, 4) is 0 Å². The summed E-state index contributed by atoms with van der Waals surface area (Å²) in [6.45, 7) is 6.02. The number of nitrogens with one attached hydrogen (secondary N) is 1. The smallest absolute Gasteiger partial charge is 0.0509 e. The molecule has 0 aromatic rings. The molecule has 2 atom stereocenters. The summed E-state index contributed by atoms with van der Waals surface area (Å²) < 4.78 is 10.7. The van der Waals surface area contributed by atoms with Crippen molar-refractivity contribution in [1.29, 1.82) is 0 Å². The predicted octanol–water partition coefficient (Wildman–Crippen LogP) is 1.18. The van der Waals surface area contributed by atoms with Crippen LogP contribution in [0, 0.1) is 5.92 Å². The van der Waals surface area contributed by atoms with Gasteiger partial charge < -0.3 is 14.8 Å². The molecule has 14 heavy (non-hydrogen) atoms. The summed E-state index contributed by atoms with van der Waals surface area (Å²) in [5.41, 5.74) is 0. The Morgan fingerprint density at radius 1 is 1.07 bits per heavy atom. The fraction of sp³-hybridized carbons (Fsp3) is 1.00. The second kappa shape index (κ2) is 5.10. The molecule has 1 N–H and O–H groups in total. The molecule has 2 heterocycles. The van der Waals surface area contributed by atoms with Gasteiger partial charge in [-0.3, -0.25) is 0 Å². The normalized spacial score (nSPS) is 31.9. The van der Waals surface area contributed by atoms with Gasteiger partial charge in [0.25, 0.3) is 0 Å². The molecule has 2 aliphatic rings. The fourth-order valence-electron chi connectivity index (χ4n) is 2.32. The first-order valence-corrected chi connectivity index (χ1v) is 5.78. The van der Waals surface area contributed by atoms with Gasteiger partial charge in [-0.1, -0.05) is 0 Å². The summed E-state index contributed by atoms with van der Waals surface area (Å²) >= 11 is 0. The van der Waals surface area contributed by atoms with E-state index >= 15 is 0 Å². The Balaban J connectivity index is 1.72. The average molecular weight is 199 g/mol. The highest BCUT2D eigenvalue weighted by Crippen LogP contribution is 2.18. The van der Waals surface area contributed by atoms with E-state index in [2.05, 4.69) is 12.2 Å². The molecular formula is C11H21NO2. The van der Waals surface area contributed by atoms with Crippen LogP contribution in [0.5, 0.6) is 0 Å². The van der Waals surface area contributed by atoms with Crippen molar-refractivity contribution in [3.05, 3.63) is 0 Å².